The molecular weight excluding hydrogens is 208 g/mol. The summed E-state index contributed by atoms with van der Waals surface area (Å²) in [7, 11) is 2.20. The van der Waals surface area contributed by atoms with E-state index in [1.165, 1.54) is 5.56 Å². The minimum Gasteiger partial charge on any atom is -0.324 e. The van der Waals surface area contributed by atoms with E-state index >= 15 is 0 Å². The molecule has 1 aliphatic carbocycles. The van der Waals surface area contributed by atoms with Gasteiger partial charge in [-0.15, -0.1) is 0 Å². The molecule has 0 aliphatic heterocycles. The predicted octanol–water partition coefficient (Wildman–Crippen LogP) is 2.06. The van der Waals surface area contributed by atoms with E-state index in [0.29, 0.717) is 5.92 Å². The van der Waals surface area contributed by atoms with Crippen LogP contribution < -0.4 is 5.73 Å². The molecule has 0 radical (unpaired) electrons. The Balaban J connectivity index is 1.71. The van der Waals surface area contributed by atoms with Gasteiger partial charge in [0.1, 0.15) is 0 Å². The third-order valence-electron chi connectivity index (χ3n) is 3.38. The molecule has 0 spiro atoms. The van der Waals surface area contributed by atoms with Crippen molar-refractivity contribution in [2.24, 2.45) is 11.7 Å². The van der Waals surface area contributed by atoms with Crippen LogP contribution in [-0.2, 0) is 6.42 Å². The maximum Gasteiger partial charge on any atom is 0.0229 e. The Labute approximate surface area is 104 Å². The van der Waals surface area contributed by atoms with Gasteiger partial charge in [0.05, 0.1) is 0 Å². The molecule has 0 aromatic heterocycles. The Morgan fingerprint density at radius 3 is 2.65 bits per heavy atom. The summed E-state index contributed by atoms with van der Waals surface area (Å²) in [5.74, 6) is 0.644. The fourth-order valence-electron chi connectivity index (χ4n) is 2.40. The highest BCUT2D eigenvalue weighted by atomic mass is 15.1. The Morgan fingerprint density at radius 1 is 1.24 bits per heavy atom. The molecule has 1 aromatic rings. The monoisotopic (exact) mass is 230 g/mol. The topological polar surface area (TPSA) is 29.3 Å². The Morgan fingerprint density at radius 2 is 2.00 bits per heavy atom. The normalized spacial score (nSPS) is 23.5. The number of rotatable bonds is 5. The SMILES string of the molecule is CN(CCc1ccccc1)CC1C=CC(N)C1. The lowest BCUT2D eigenvalue weighted by atomic mass is 10.1. The summed E-state index contributed by atoms with van der Waals surface area (Å²) in [4.78, 5) is 2.40. The van der Waals surface area contributed by atoms with Gasteiger partial charge in [-0.2, -0.15) is 0 Å². The lowest BCUT2D eigenvalue weighted by molar-refractivity contribution is 0.299. The van der Waals surface area contributed by atoms with E-state index in [0.717, 1.165) is 25.9 Å². The number of hydrogen-bond acceptors (Lipinski definition) is 2. The Hall–Kier alpha value is -1.12. The van der Waals surface area contributed by atoms with E-state index in [-0.39, 0.29) is 6.04 Å². The van der Waals surface area contributed by atoms with Crippen molar-refractivity contribution in [1.29, 1.82) is 0 Å². The molecule has 0 heterocycles. The first-order valence-electron chi connectivity index (χ1n) is 6.40. The van der Waals surface area contributed by atoms with Gasteiger partial charge >= 0.3 is 0 Å². The van der Waals surface area contributed by atoms with Gasteiger partial charge in [0.2, 0.25) is 0 Å². The summed E-state index contributed by atoms with van der Waals surface area (Å²) in [6.07, 6.45) is 6.63. The van der Waals surface area contributed by atoms with Gasteiger partial charge < -0.3 is 10.6 Å². The van der Waals surface area contributed by atoms with E-state index in [4.69, 9.17) is 5.73 Å². The van der Waals surface area contributed by atoms with Crippen LogP contribution in [0.3, 0.4) is 0 Å². The smallest absolute Gasteiger partial charge is 0.0229 e. The molecule has 2 N–H and O–H groups in total. The van der Waals surface area contributed by atoms with Gasteiger partial charge in [0.25, 0.3) is 0 Å². The van der Waals surface area contributed by atoms with Crippen molar-refractivity contribution < 1.29 is 0 Å². The van der Waals surface area contributed by atoms with E-state index in [1.54, 1.807) is 0 Å². The van der Waals surface area contributed by atoms with Gasteiger partial charge in [0.15, 0.2) is 0 Å². The first kappa shape index (κ1) is 12.3. The molecule has 2 nitrogen and oxygen atoms in total. The summed E-state index contributed by atoms with van der Waals surface area (Å²) in [5, 5.41) is 0. The zero-order chi connectivity index (χ0) is 12.1. The fourth-order valence-corrected chi connectivity index (χ4v) is 2.40. The highest BCUT2D eigenvalue weighted by Crippen LogP contribution is 2.17. The average molecular weight is 230 g/mol. The lowest BCUT2D eigenvalue weighted by Crippen LogP contribution is -2.28. The van der Waals surface area contributed by atoms with Crippen molar-refractivity contribution in [3.8, 4) is 0 Å². The number of benzene rings is 1. The van der Waals surface area contributed by atoms with Crippen LogP contribution in [0.5, 0.6) is 0 Å². The minimum absolute atomic E-state index is 0.280. The second-order valence-corrected chi connectivity index (χ2v) is 5.04. The van der Waals surface area contributed by atoms with Crippen molar-refractivity contribution in [3.05, 3.63) is 48.0 Å². The number of nitrogens with zero attached hydrogens (tertiary/aromatic N) is 1. The Kier molecular flexibility index (Phi) is 4.35. The second kappa shape index (κ2) is 5.99. The van der Waals surface area contributed by atoms with E-state index < -0.39 is 0 Å². The van der Waals surface area contributed by atoms with Gasteiger partial charge in [-0.1, -0.05) is 42.5 Å². The van der Waals surface area contributed by atoms with Crippen molar-refractivity contribution in [2.75, 3.05) is 20.1 Å². The van der Waals surface area contributed by atoms with E-state index in [9.17, 15) is 0 Å². The molecule has 0 saturated carbocycles. The van der Waals surface area contributed by atoms with E-state index in [2.05, 4.69) is 54.4 Å². The average Bonchev–Trinajstić information content (AvgIpc) is 2.73. The molecule has 2 heteroatoms. The zero-order valence-corrected chi connectivity index (χ0v) is 10.5. The molecule has 2 unspecified atom stereocenters. The molecule has 0 amide bonds. The number of likely N-dealkylation sites (N-methyl/N-ethyl adjacent to an activating group) is 1. The first-order valence-corrected chi connectivity index (χ1v) is 6.40. The Bertz CT molecular complexity index is 358. The van der Waals surface area contributed by atoms with E-state index in [1.807, 2.05) is 0 Å². The third-order valence-corrected chi connectivity index (χ3v) is 3.38. The third kappa shape index (κ3) is 3.99. The molecule has 2 rings (SSSR count). The molecule has 92 valence electrons. The van der Waals surface area contributed by atoms with Gasteiger partial charge in [-0.05, 0) is 31.4 Å². The van der Waals surface area contributed by atoms with Crippen molar-refractivity contribution in [1.82, 2.24) is 4.90 Å². The second-order valence-electron chi connectivity index (χ2n) is 5.04. The highest BCUT2D eigenvalue weighted by Gasteiger charge is 2.16. The molecule has 0 saturated heterocycles. The number of nitrogens with two attached hydrogens (primary N) is 1. The van der Waals surface area contributed by atoms with Crippen LogP contribution in [0.25, 0.3) is 0 Å². The maximum atomic E-state index is 5.86. The van der Waals surface area contributed by atoms with Crippen molar-refractivity contribution >= 4 is 0 Å². The van der Waals surface area contributed by atoms with Crippen molar-refractivity contribution in [2.45, 2.75) is 18.9 Å². The molecule has 2 atom stereocenters. The number of hydrogen-bond donors (Lipinski definition) is 1. The van der Waals surface area contributed by atoms with Crippen LogP contribution in [0.1, 0.15) is 12.0 Å². The predicted molar refractivity (Wildman–Crippen MR) is 72.9 cm³/mol. The maximum absolute atomic E-state index is 5.86. The van der Waals surface area contributed by atoms with Crippen LogP contribution in [0.15, 0.2) is 42.5 Å². The lowest BCUT2D eigenvalue weighted by Gasteiger charge is -2.20. The van der Waals surface area contributed by atoms with Crippen molar-refractivity contribution in [3.63, 3.8) is 0 Å². The standard InChI is InChI=1S/C15H22N2/c1-17(12-14-7-8-15(16)11-14)10-9-13-5-3-2-4-6-13/h2-8,14-15H,9-12,16H2,1H3. The summed E-state index contributed by atoms with van der Waals surface area (Å²) in [6, 6.07) is 10.9. The first-order chi connectivity index (χ1) is 8.24. The van der Waals surface area contributed by atoms with Crippen LogP contribution in [0.2, 0.25) is 0 Å². The van der Waals surface area contributed by atoms with Crippen LogP contribution in [0, 0.1) is 5.92 Å². The molecule has 0 bridgehead atoms. The molecule has 1 aromatic carbocycles. The molecule has 1 aliphatic rings. The molecule has 0 fully saturated rings. The molecule has 17 heavy (non-hydrogen) atoms. The van der Waals surface area contributed by atoms with Gasteiger partial charge in [-0.25, -0.2) is 0 Å². The van der Waals surface area contributed by atoms with Gasteiger partial charge in [-0.3, -0.25) is 0 Å². The molecular formula is C15H22N2. The summed E-state index contributed by atoms with van der Waals surface area (Å²) < 4.78 is 0. The fraction of sp³-hybridized carbons (Fsp3) is 0.467. The highest BCUT2D eigenvalue weighted by molar-refractivity contribution is 5.14. The summed E-state index contributed by atoms with van der Waals surface area (Å²) in [5.41, 5.74) is 7.28. The summed E-state index contributed by atoms with van der Waals surface area (Å²) in [6.45, 7) is 2.24. The quantitative estimate of drug-likeness (QED) is 0.785. The van der Waals surface area contributed by atoms with Gasteiger partial charge in [0, 0.05) is 19.1 Å². The largest absolute Gasteiger partial charge is 0.324 e. The van der Waals surface area contributed by atoms with Crippen LogP contribution in [-0.4, -0.2) is 31.1 Å². The summed E-state index contributed by atoms with van der Waals surface area (Å²) >= 11 is 0. The zero-order valence-electron chi connectivity index (χ0n) is 10.5. The van der Waals surface area contributed by atoms with Crippen LogP contribution >= 0.6 is 0 Å². The van der Waals surface area contributed by atoms with Crippen LogP contribution in [0.4, 0.5) is 0 Å². The minimum atomic E-state index is 0.280.